The fraction of sp³-hybridized carbons (Fsp3) is 0.462. The van der Waals surface area contributed by atoms with Crippen molar-refractivity contribution in [3.8, 4) is 11.5 Å². The molecule has 4 nitrogen and oxygen atoms in total. The first kappa shape index (κ1) is 11.8. The summed E-state index contributed by atoms with van der Waals surface area (Å²) in [6.07, 6.45) is 1.47. The Morgan fingerprint density at radius 3 is 2.82 bits per heavy atom. The van der Waals surface area contributed by atoms with E-state index < -0.39 is 0 Å². The van der Waals surface area contributed by atoms with Crippen LogP contribution in [0.5, 0.6) is 11.5 Å². The molecule has 0 unspecified atom stereocenters. The summed E-state index contributed by atoms with van der Waals surface area (Å²) in [5, 5.41) is 3.26. The standard InChI is InChI=1S/C13H17NO3/c1-10(15)3-2-6-14-11-4-5-12-13(9-11)17-8-7-16-12/h4-5,9,14H,2-3,6-8H2,1H3. The highest BCUT2D eigenvalue weighted by molar-refractivity contribution is 5.75. The lowest BCUT2D eigenvalue weighted by molar-refractivity contribution is -0.117. The topological polar surface area (TPSA) is 47.6 Å². The maximum absolute atomic E-state index is 10.8. The number of Topliss-reactive ketones (excluding diaryl/α,β-unsaturated/α-hetero) is 1. The summed E-state index contributed by atoms with van der Waals surface area (Å²) in [5.41, 5.74) is 0.998. The Labute approximate surface area is 101 Å². The minimum Gasteiger partial charge on any atom is -0.486 e. The Balaban J connectivity index is 1.86. The second-order valence-corrected chi connectivity index (χ2v) is 4.09. The van der Waals surface area contributed by atoms with E-state index >= 15 is 0 Å². The molecular formula is C13H17NO3. The Bertz CT molecular complexity index is 404. The minimum atomic E-state index is 0.231. The highest BCUT2D eigenvalue weighted by Crippen LogP contribution is 2.32. The fourth-order valence-electron chi connectivity index (χ4n) is 1.72. The Morgan fingerprint density at radius 2 is 2.06 bits per heavy atom. The molecule has 1 aliphatic heterocycles. The predicted octanol–water partition coefficient (Wildman–Crippen LogP) is 2.24. The van der Waals surface area contributed by atoms with Gasteiger partial charge in [-0.3, -0.25) is 0 Å². The van der Waals surface area contributed by atoms with Gasteiger partial charge in [0.1, 0.15) is 19.0 Å². The first-order valence-corrected chi connectivity index (χ1v) is 5.88. The molecule has 92 valence electrons. The summed E-state index contributed by atoms with van der Waals surface area (Å²) < 4.78 is 10.9. The van der Waals surface area contributed by atoms with Crippen LogP contribution in [-0.2, 0) is 4.79 Å². The summed E-state index contributed by atoms with van der Waals surface area (Å²) in [4.78, 5) is 10.8. The zero-order valence-electron chi connectivity index (χ0n) is 9.99. The molecule has 0 aliphatic carbocycles. The van der Waals surface area contributed by atoms with Crippen LogP contribution >= 0.6 is 0 Å². The SMILES string of the molecule is CC(=O)CCCNc1ccc2c(c1)OCCO2. The summed E-state index contributed by atoms with van der Waals surface area (Å²) in [5.74, 6) is 1.81. The number of hydrogen-bond donors (Lipinski definition) is 1. The van der Waals surface area contributed by atoms with Gasteiger partial charge in [0.2, 0.25) is 0 Å². The lowest BCUT2D eigenvalue weighted by Gasteiger charge is -2.19. The zero-order valence-corrected chi connectivity index (χ0v) is 9.99. The smallest absolute Gasteiger partial charge is 0.163 e. The molecular weight excluding hydrogens is 218 g/mol. The molecule has 1 heterocycles. The van der Waals surface area contributed by atoms with E-state index in [0.717, 1.165) is 30.2 Å². The highest BCUT2D eigenvalue weighted by Gasteiger charge is 2.11. The molecule has 1 N–H and O–H groups in total. The largest absolute Gasteiger partial charge is 0.486 e. The zero-order chi connectivity index (χ0) is 12.1. The maximum atomic E-state index is 10.8. The molecule has 17 heavy (non-hydrogen) atoms. The number of hydrogen-bond acceptors (Lipinski definition) is 4. The quantitative estimate of drug-likeness (QED) is 0.795. The van der Waals surface area contributed by atoms with Crippen LogP contribution in [0.4, 0.5) is 5.69 Å². The van der Waals surface area contributed by atoms with Gasteiger partial charge in [0.15, 0.2) is 11.5 Å². The number of anilines is 1. The number of benzene rings is 1. The van der Waals surface area contributed by atoms with Gasteiger partial charge >= 0.3 is 0 Å². The van der Waals surface area contributed by atoms with Crippen molar-refractivity contribution in [2.24, 2.45) is 0 Å². The molecule has 0 atom stereocenters. The second-order valence-electron chi connectivity index (χ2n) is 4.09. The van der Waals surface area contributed by atoms with Crippen LogP contribution in [0.15, 0.2) is 18.2 Å². The third-order valence-electron chi connectivity index (χ3n) is 2.58. The molecule has 0 bridgehead atoms. The third-order valence-corrected chi connectivity index (χ3v) is 2.58. The van der Waals surface area contributed by atoms with Crippen LogP contribution < -0.4 is 14.8 Å². The monoisotopic (exact) mass is 235 g/mol. The van der Waals surface area contributed by atoms with Gasteiger partial charge in [-0.05, 0) is 25.5 Å². The van der Waals surface area contributed by atoms with E-state index in [-0.39, 0.29) is 5.78 Å². The first-order valence-electron chi connectivity index (χ1n) is 5.88. The number of ether oxygens (including phenoxy) is 2. The van der Waals surface area contributed by atoms with E-state index in [0.29, 0.717) is 19.6 Å². The molecule has 0 fully saturated rings. The molecule has 1 aliphatic rings. The van der Waals surface area contributed by atoms with Crippen LogP contribution in [0, 0.1) is 0 Å². The molecule has 0 saturated carbocycles. The van der Waals surface area contributed by atoms with Gasteiger partial charge in [0.25, 0.3) is 0 Å². The highest BCUT2D eigenvalue weighted by atomic mass is 16.6. The van der Waals surface area contributed by atoms with E-state index in [1.54, 1.807) is 6.92 Å². The molecule has 0 saturated heterocycles. The molecule has 0 amide bonds. The van der Waals surface area contributed by atoms with E-state index in [1.165, 1.54) is 0 Å². The van der Waals surface area contributed by atoms with Crippen molar-refractivity contribution in [3.63, 3.8) is 0 Å². The third kappa shape index (κ3) is 3.37. The molecule has 2 rings (SSSR count). The van der Waals surface area contributed by atoms with Crippen molar-refractivity contribution in [2.75, 3.05) is 25.1 Å². The van der Waals surface area contributed by atoms with Gasteiger partial charge < -0.3 is 19.6 Å². The average Bonchev–Trinajstić information content (AvgIpc) is 2.34. The fourth-order valence-corrected chi connectivity index (χ4v) is 1.72. The maximum Gasteiger partial charge on any atom is 0.163 e. The van der Waals surface area contributed by atoms with Crippen molar-refractivity contribution in [3.05, 3.63) is 18.2 Å². The molecule has 0 radical (unpaired) electrons. The van der Waals surface area contributed by atoms with E-state index in [9.17, 15) is 4.79 Å². The Morgan fingerprint density at radius 1 is 1.29 bits per heavy atom. The number of carbonyl (C=O) groups excluding carboxylic acids is 1. The van der Waals surface area contributed by atoms with Gasteiger partial charge in [-0.15, -0.1) is 0 Å². The molecule has 4 heteroatoms. The number of rotatable bonds is 5. The van der Waals surface area contributed by atoms with Crippen LogP contribution in [0.1, 0.15) is 19.8 Å². The molecule has 0 spiro atoms. The van der Waals surface area contributed by atoms with Crippen molar-refractivity contribution in [1.82, 2.24) is 0 Å². The molecule has 1 aromatic rings. The summed E-state index contributed by atoms with van der Waals surface area (Å²) >= 11 is 0. The second kappa shape index (κ2) is 5.57. The van der Waals surface area contributed by atoms with Crippen LogP contribution in [0.25, 0.3) is 0 Å². The Kier molecular flexibility index (Phi) is 3.85. The summed E-state index contributed by atoms with van der Waals surface area (Å²) in [6, 6.07) is 5.80. The van der Waals surface area contributed by atoms with Crippen molar-refractivity contribution in [1.29, 1.82) is 0 Å². The number of carbonyl (C=O) groups is 1. The van der Waals surface area contributed by atoms with Gasteiger partial charge in [0, 0.05) is 24.7 Å². The van der Waals surface area contributed by atoms with Crippen molar-refractivity contribution in [2.45, 2.75) is 19.8 Å². The summed E-state index contributed by atoms with van der Waals surface area (Å²) in [6.45, 7) is 3.61. The predicted molar refractivity (Wildman–Crippen MR) is 65.8 cm³/mol. The Hall–Kier alpha value is -1.71. The lowest BCUT2D eigenvalue weighted by Crippen LogP contribution is -2.15. The number of ketones is 1. The average molecular weight is 235 g/mol. The van der Waals surface area contributed by atoms with Gasteiger partial charge in [0.05, 0.1) is 0 Å². The van der Waals surface area contributed by atoms with E-state index in [1.807, 2.05) is 18.2 Å². The summed E-state index contributed by atoms with van der Waals surface area (Å²) in [7, 11) is 0. The van der Waals surface area contributed by atoms with Gasteiger partial charge in [-0.25, -0.2) is 0 Å². The normalized spacial score (nSPS) is 13.2. The van der Waals surface area contributed by atoms with E-state index in [2.05, 4.69) is 5.32 Å². The van der Waals surface area contributed by atoms with Crippen molar-refractivity contribution < 1.29 is 14.3 Å². The van der Waals surface area contributed by atoms with Gasteiger partial charge in [-0.2, -0.15) is 0 Å². The molecule has 1 aromatic carbocycles. The number of nitrogens with one attached hydrogen (secondary N) is 1. The minimum absolute atomic E-state index is 0.231. The first-order chi connectivity index (χ1) is 8.25. The van der Waals surface area contributed by atoms with Crippen LogP contribution in [-0.4, -0.2) is 25.5 Å². The van der Waals surface area contributed by atoms with Gasteiger partial charge in [-0.1, -0.05) is 0 Å². The molecule has 0 aromatic heterocycles. The van der Waals surface area contributed by atoms with Crippen LogP contribution in [0.2, 0.25) is 0 Å². The van der Waals surface area contributed by atoms with Crippen molar-refractivity contribution >= 4 is 11.5 Å². The van der Waals surface area contributed by atoms with Crippen LogP contribution in [0.3, 0.4) is 0 Å². The van der Waals surface area contributed by atoms with E-state index in [4.69, 9.17) is 9.47 Å². The lowest BCUT2D eigenvalue weighted by atomic mass is 10.2. The number of fused-ring (bicyclic) bond motifs is 1.